The Morgan fingerprint density at radius 1 is 1.11 bits per heavy atom. The summed E-state index contributed by atoms with van der Waals surface area (Å²) in [5, 5.41) is 3.94. The Kier molecular flexibility index (Phi) is 8.00. The van der Waals surface area contributed by atoms with E-state index >= 15 is 0 Å². The molecule has 1 unspecified atom stereocenters. The second-order valence-corrected chi connectivity index (χ2v) is 10.7. The molecule has 1 aliphatic carbocycles. The van der Waals surface area contributed by atoms with Gasteiger partial charge in [-0.1, -0.05) is 23.7 Å². The molecule has 194 valence electrons. The zero-order chi connectivity index (χ0) is 25.9. The van der Waals surface area contributed by atoms with Gasteiger partial charge in [-0.2, -0.15) is 0 Å². The van der Waals surface area contributed by atoms with Crippen molar-refractivity contribution in [3.05, 3.63) is 69.2 Å². The molecule has 2 heterocycles. The first-order valence-electron chi connectivity index (χ1n) is 12.6. The molecular formula is C28H34ClF2N3O2. The predicted molar refractivity (Wildman–Crippen MR) is 138 cm³/mol. The molecule has 3 N–H and O–H groups in total. The Morgan fingerprint density at radius 3 is 2.42 bits per heavy atom. The summed E-state index contributed by atoms with van der Waals surface area (Å²) in [6, 6.07) is 10.5. The number of nitrogens with zero attached hydrogens (tertiary/aromatic N) is 1. The van der Waals surface area contributed by atoms with Crippen molar-refractivity contribution in [1.29, 1.82) is 0 Å². The van der Waals surface area contributed by atoms with E-state index in [2.05, 4.69) is 11.1 Å². The first-order chi connectivity index (χ1) is 17.2. The number of hydrogen-bond acceptors (Lipinski definition) is 3. The van der Waals surface area contributed by atoms with Crippen molar-refractivity contribution in [2.75, 3.05) is 26.2 Å². The molecule has 1 atom stereocenters. The van der Waals surface area contributed by atoms with Crippen LogP contribution in [-0.4, -0.2) is 43.4 Å². The maximum Gasteiger partial charge on any atom is 0.270 e. The van der Waals surface area contributed by atoms with Gasteiger partial charge < -0.3 is 16.0 Å². The third-order valence-corrected chi connectivity index (χ3v) is 8.47. The number of nitrogens with one attached hydrogen (secondary N) is 1. The number of benzene rings is 2. The Hall–Kier alpha value is -2.51. The third-order valence-electron chi connectivity index (χ3n) is 8.12. The number of alkyl halides is 2. The molecule has 2 fully saturated rings. The Balaban J connectivity index is 0.000000967. The molecule has 2 aromatic rings. The SMILES string of the molecule is CC(F)(F)c1ccc(Cl)c(C2CCc3ccc(C(=O)N4CCC5(CCNCC5)CC4)cc32)c1.NC=O. The molecule has 0 radical (unpaired) electrons. The van der Waals surface area contributed by atoms with E-state index in [9.17, 15) is 13.6 Å². The number of likely N-dealkylation sites (tertiary alicyclic amines) is 1. The van der Waals surface area contributed by atoms with E-state index in [1.54, 1.807) is 12.1 Å². The van der Waals surface area contributed by atoms with Crippen molar-refractivity contribution in [3.8, 4) is 0 Å². The fourth-order valence-electron chi connectivity index (χ4n) is 5.97. The molecule has 8 heteroatoms. The summed E-state index contributed by atoms with van der Waals surface area (Å²) in [5.41, 5.74) is 8.18. The van der Waals surface area contributed by atoms with E-state index in [-0.39, 0.29) is 23.8 Å². The second kappa shape index (κ2) is 10.9. The van der Waals surface area contributed by atoms with Gasteiger partial charge >= 0.3 is 0 Å². The Bertz CT molecular complexity index is 1100. The number of halogens is 3. The van der Waals surface area contributed by atoms with E-state index in [4.69, 9.17) is 16.4 Å². The van der Waals surface area contributed by atoms with E-state index in [0.29, 0.717) is 16.0 Å². The quantitative estimate of drug-likeness (QED) is 0.547. The zero-order valence-electron chi connectivity index (χ0n) is 20.7. The van der Waals surface area contributed by atoms with Crippen LogP contribution in [-0.2, 0) is 17.1 Å². The number of primary amides is 1. The lowest BCUT2D eigenvalue weighted by Crippen LogP contribution is -2.47. The first kappa shape index (κ1) is 26.6. The summed E-state index contributed by atoms with van der Waals surface area (Å²) >= 11 is 6.46. The van der Waals surface area contributed by atoms with Gasteiger partial charge in [0, 0.05) is 42.1 Å². The summed E-state index contributed by atoms with van der Waals surface area (Å²) in [4.78, 5) is 23.9. The van der Waals surface area contributed by atoms with Gasteiger partial charge in [0.2, 0.25) is 6.41 Å². The lowest BCUT2D eigenvalue weighted by atomic mass is 9.71. The van der Waals surface area contributed by atoms with Crippen LogP contribution in [0.2, 0.25) is 5.02 Å². The number of amides is 2. The monoisotopic (exact) mass is 517 g/mol. The molecule has 3 aliphatic rings. The predicted octanol–water partition coefficient (Wildman–Crippen LogP) is 5.24. The largest absolute Gasteiger partial charge is 0.372 e. The molecule has 5 rings (SSSR count). The van der Waals surface area contributed by atoms with Crippen LogP contribution in [0.3, 0.4) is 0 Å². The highest BCUT2D eigenvalue weighted by atomic mass is 35.5. The minimum absolute atomic E-state index is 0.0252. The van der Waals surface area contributed by atoms with Gasteiger partial charge in [-0.05, 0) is 98.0 Å². The average molecular weight is 518 g/mol. The molecule has 36 heavy (non-hydrogen) atoms. The molecule has 0 aromatic heterocycles. The van der Waals surface area contributed by atoms with Gasteiger partial charge in [0.15, 0.2) is 0 Å². The maximum atomic E-state index is 14.0. The van der Waals surface area contributed by atoms with Crippen LogP contribution in [0.1, 0.15) is 77.6 Å². The topological polar surface area (TPSA) is 75.4 Å². The summed E-state index contributed by atoms with van der Waals surface area (Å²) in [7, 11) is 0. The molecule has 5 nitrogen and oxygen atoms in total. The number of aryl methyl sites for hydroxylation is 1. The standard InChI is InChI=1S/C27H31ClF2N2O.CH3NO/c1-26(29,30)20-5-7-24(28)23(17-20)21-6-4-18-2-3-19(16-22(18)21)25(33)32-14-10-27(11-15-32)8-12-31-13-9-27;2-1-3/h2-3,5,7,16-17,21,31H,4,6,8-15H2,1H3;1H,(H2,2,3). The fraction of sp³-hybridized carbons (Fsp3) is 0.500. The van der Waals surface area contributed by atoms with E-state index in [0.717, 1.165) is 69.9 Å². The number of carbonyl (C=O) groups is 2. The van der Waals surface area contributed by atoms with Gasteiger partial charge in [0.25, 0.3) is 11.8 Å². The van der Waals surface area contributed by atoms with Crippen molar-refractivity contribution in [3.63, 3.8) is 0 Å². The van der Waals surface area contributed by atoms with Crippen LogP contribution in [0.4, 0.5) is 8.78 Å². The van der Waals surface area contributed by atoms with Crippen molar-refractivity contribution < 1.29 is 18.4 Å². The summed E-state index contributed by atoms with van der Waals surface area (Å²) in [5.74, 6) is -2.91. The number of rotatable bonds is 3. The van der Waals surface area contributed by atoms with Crippen molar-refractivity contribution in [2.24, 2.45) is 11.1 Å². The Morgan fingerprint density at radius 2 is 1.78 bits per heavy atom. The number of nitrogens with two attached hydrogens (primary N) is 1. The number of hydrogen-bond donors (Lipinski definition) is 2. The highest BCUT2D eigenvalue weighted by molar-refractivity contribution is 6.31. The number of carbonyl (C=O) groups excluding carboxylic acids is 2. The number of fused-ring (bicyclic) bond motifs is 1. The molecule has 2 saturated heterocycles. The smallest absolute Gasteiger partial charge is 0.270 e. The molecule has 0 saturated carbocycles. The van der Waals surface area contributed by atoms with Crippen LogP contribution >= 0.6 is 11.6 Å². The second-order valence-electron chi connectivity index (χ2n) is 10.3. The zero-order valence-corrected chi connectivity index (χ0v) is 21.4. The van der Waals surface area contributed by atoms with E-state index in [1.165, 1.54) is 24.5 Å². The molecular weight excluding hydrogens is 484 g/mol. The first-order valence-corrected chi connectivity index (χ1v) is 13.0. The van der Waals surface area contributed by atoms with Crippen molar-refractivity contribution in [1.82, 2.24) is 10.2 Å². The fourth-order valence-corrected chi connectivity index (χ4v) is 6.22. The minimum atomic E-state index is -2.92. The van der Waals surface area contributed by atoms with Gasteiger partial charge in [0.1, 0.15) is 0 Å². The molecule has 2 aliphatic heterocycles. The molecule has 2 amide bonds. The Labute approximate surface area is 216 Å². The van der Waals surface area contributed by atoms with E-state index < -0.39 is 5.92 Å². The summed E-state index contributed by atoms with van der Waals surface area (Å²) in [6.07, 6.45) is 6.46. The van der Waals surface area contributed by atoms with Crippen LogP contribution in [0.25, 0.3) is 0 Å². The van der Waals surface area contributed by atoms with Crippen LogP contribution in [0.15, 0.2) is 36.4 Å². The molecule has 2 aromatic carbocycles. The van der Waals surface area contributed by atoms with Crippen LogP contribution < -0.4 is 11.1 Å². The van der Waals surface area contributed by atoms with Gasteiger partial charge in [-0.25, -0.2) is 8.78 Å². The third kappa shape index (κ3) is 5.57. The summed E-state index contributed by atoms with van der Waals surface area (Å²) in [6.45, 7) is 4.67. The molecule has 1 spiro atoms. The minimum Gasteiger partial charge on any atom is -0.372 e. The average Bonchev–Trinajstić information content (AvgIpc) is 3.28. The molecule has 0 bridgehead atoms. The van der Waals surface area contributed by atoms with Gasteiger partial charge in [-0.3, -0.25) is 9.59 Å². The number of piperidine rings is 2. The van der Waals surface area contributed by atoms with Crippen molar-refractivity contribution in [2.45, 2.75) is 57.3 Å². The summed E-state index contributed by atoms with van der Waals surface area (Å²) < 4.78 is 27.9. The highest BCUT2D eigenvalue weighted by Crippen LogP contribution is 2.44. The lowest BCUT2D eigenvalue weighted by molar-refractivity contribution is -0.106. The normalized spacial score (nSPS) is 20.9. The van der Waals surface area contributed by atoms with E-state index in [1.807, 2.05) is 23.1 Å². The van der Waals surface area contributed by atoms with Gasteiger partial charge in [-0.15, -0.1) is 0 Å². The van der Waals surface area contributed by atoms with Crippen LogP contribution in [0.5, 0.6) is 0 Å². The maximum absolute atomic E-state index is 14.0. The lowest BCUT2D eigenvalue weighted by Gasteiger charge is -2.44. The van der Waals surface area contributed by atoms with Crippen molar-refractivity contribution >= 4 is 23.9 Å². The van der Waals surface area contributed by atoms with Crippen LogP contribution in [0, 0.1) is 5.41 Å². The van der Waals surface area contributed by atoms with Gasteiger partial charge in [0.05, 0.1) is 0 Å². The highest BCUT2D eigenvalue weighted by Gasteiger charge is 2.37.